The number of hydrogen-bond donors (Lipinski definition) is 0. The average Bonchev–Trinajstić information content (AvgIpc) is 2.87. The van der Waals surface area contributed by atoms with Gasteiger partial charge in [-0.05, 0) is 42.5 Å². The van der Waals surface area contributed by atoms with Gasteiger partial charge in [-0.25, -0.2) is 4.79 Å². The molecular weight excluding hydrogens is 454 g/mol. The molecule has 2 aromatic carbocycles. The van der Waals surface area contributed by atoms with E-state index in [4.69, 9.17) is 18.9 Å². The van der Waals surface area contributed by atoms with E-state index in [0.717, 1.165) is 25.8 Å². The van der Waals surface area contributed by atoms with Crippen molar-refractivity contribution in [3.05, 3.63) is 53.1 Å². The van der Waals surface area contributed by atoms with Crippen molar-refractivity contribution in [2.24, 2.45) is 5.92 Å². The van der Waals surface area contributed by atoms with Crippen LogP contribution in [0.2, 0.25) is 0 Å². The lowest BCUT2D eigenvalue weighted by Gasteiger charge is -2.53. The summed E-state index contributed by atoms with van der Waals surface area (Å²) in [5, 5.41) is 0. The summed E-state index contributed by atoms with van der Waals surface area (Å²) in [5.74, 6) is 1.43. The number of nitrogens with zero attached hydrogens (tertiary/aromatic N) is 1. The number of halogens is 1. The maximum atomic E-state index is 13.3. The van der Waals surface area contributed by atoms with E-state index in [1.807, 2.05) is 0 Å². The van der Waals surface area contributed by atoms with Crippen LogP contribution in [-0.4, -0.2) is 50.9 Å². The van der Waals surface area contributed by atoms with Crippen LogP contribution in [0.3, 0.4) is 0 Å². The van der Waals surface area contributed by atoms with E-state index in [2.05, 4.69) is 29.2 Å². The molecule has 0 bridgehead atoms. The minimum absolute atomic E-state index is 0. The van der Waals surface area contributed by atoms with E-state index in [0.29, 0.717) is 40.8 Å². The van der Waals surface area contributed by atoms with Crippen LogP contribution in [0.25, 0.3) is 0 Å². The monoisotopic (exact) mass is 487 g/mol. The standard InChI is InChI=1S/C27H33NO5.ClH/c1-30-24-14-18(15-25(31-2)26(24)32-3)27(29)33-23-16-22-19-9-5-4-8-17(19)12-13-28(22)21-11-7-6-10-20(21)23;/h4-5,8-9,14-15,20-23H,6-7,10-13,16H2,1-3H3;1H. The predicted octanol–water partition coefficient (Wildman–Crippen LogP) is 5.22. The fraction of sp³-hybridized carbons (Fsp3) is 0.519. The first kappa shape index (κ1) is 24.7. The molecule has 1 saturated carbocycles. The highest BCUT2D eigenvalue weighted by Crippen LogP contribution is 2.47. The third-order valence-corrected chi connectivity index (χ3v) is 7.75. The number of ether oxygens (including phenoxy) is 4. The van der Waals surface area contributed by atoms with E-state index in [1.165, 1.54) is 30.4 Å². The van der Waals surface area contributed by atoms with Gasteiger partial charge in [0, 0.05) is 31.0 Å². The lowest BCUT2D eigenvalue weighted by Crippen LogP contribution is -2.56. The fourth-order valence-electron chi connectivity index (χ4n) is 6.25. The summed E-state index contributed by atoms with van der Waals surface area (Å²) in [6, 6.07) is 12.9. The molecule has 34 heavy (non-hydrogen) atoms. The SMILES string of the molecule is COc1cc(C(=O)OC2CC3c4ccccc4CCN3C3CCCCC23)cc(OC)c1OC.Cl. The number of rotatable bonds is 5. The van der Waals surface area contributed by atoms with Crippen LogP contribution >= 0.6 is 12.4 Å². The third-order valence-electron chi connectivity index (χ3n) is 7.75. The molecule has 7 heteroatoms. The summed E-state index contributed by atoms with van der Waals surface area (Å²) >= 11 is 0. The van der Waals surface area contributed by atoms with Gasteiger partial charge in [0.1, 0.15) is 6.10 Å². The lowest BCUT2D eigenvalue weighted by molar-refractivity contribution is -0.0812. The largest absolute Gasteiger partial charge is 0.493 e. The topological polar surface area (TPSA) is 57.2 Å². The Kier molecular flexibility index (Phi) is 7.58. The molecule has 1 aliphatic carbocycles. The Morgan fingerprint density at radius 1 is 0.971 bits per heavy atom. The number of piperidine rings is 1. The minimum atomic E-state index is -0.332. The summed E-state index contributed by atoms with van der Waals surface area (Å²) in [4.78, 5) is 16.0. The molecule has 0 aromatic heterocycles. The van der Waals surface area contributed by atoms with Gasteiger partial charge in [-0.3, -0.25) is 4.90 Å². The van der Waals surface area contributed by atoms with Crippen LogP contribution in [0, 0.1) is 5.92 Å². The molecule has 4 atom stereocenters. The van der Waals surface area contributed by atoms with Crippen LogP contribution in [0.1, 0.15) is 59.6 Å². The Hall–Kier alpha value is -2.44. The molecule has 3 aliphatic rings. The zero-order chi connectivity index (χ0) is 22.9. The first-order valence-electron chi connectivity index (χ1n) is 12.0. The van der Waals surface area contributed by atoms with Gasteiger partial charge in [0.05, 0.1) is 26.9 Å². The van der Waals surface area contributed by atoms with Crippen molar-refractivity contribution in [2.75, 3.05) is 27.9 Å². The fourth-order valence-corrected chi connectivity index (χ4v) is 6.25. The van der Waals surface area contributed by atoms with E-state index < -0.39 is 0 Å². The Morgan fingerprint density at radius 3 is 2.38 bits per heavy atom. The molecule has 0 amide bonds. The number of carbonyl (C=O) groups excluding carboxylic acids is 1. The predicted molar refractivity (Wildman–Crippen MR) is 133 cm³/mol. The highest BCUT2D eigenvalue weighted by molar-refractivity contribution is 5.91. The Bertz CT molecular complexity index is 1000. The Balaban J connectivity index is 0.00000274. The number of hydrogen-bond acceptors (Lipinski definition) is 6. The minimum Gasteiger partial charge on any atom is -0.493 e. The summed E-state index contributed by atoms with van der Waals surface area (Å²) in [7, 11) is 4.65. The molecule has 1 saturated heterocycles. The smallest absolute Gasteiger partial charge is 0.338 e. The molecule has 184 valence electrons. The summed E-state index contributed by atoms with van der Waals surface area (Å²) in [6.45, 7) is 1.09. The number of fused-ring (bicyclic) bond motifs is 5. The molecule has 0 radical (unpaired) electrons. The molecule has 5 rings (SSSR count). The van der Waals surface area contributed by atoms with Crippen LogP contribution in [0.5, 0.6) is 17.2 Å². The van der Waals surface area contributed by atoms with Crippen molar-refractivity contribution in [2.45, 2.75) is 56.7 Å². The van der Waals surface area contributed by atoms with Crippen molar-refractivity contribution in [3.63, 3.8) is 0 Å². The second-order valence-electron chi connectivity index (χ2n) is 9.31. The van der Waals surface area contributed by atoms with Crippen LogP contribution in [-0.2, 0) is 11.2 Å². The number of carbonyl (C=O) groups is 1. The second-order valence-corrected chi connectivity index (χ2v) is 9.31. The molecule has 2 fully saturated rings. The van der Waals surface area contributed by atoms with Gasteiger partial charge < -0.3 is 18.9 Å². The maximum Gasteiger partial charge on any atom is 0.338 e. The van der Waals surface area contributed by atoms with Gasteiger partial charge in [-0.2, -0.15) is 0 Å². The zero-order valence-electron chi connectivity index (χ0n) is 20.1. The maximum absolute atomic E-state index is 13.3. The van der Waals surface area contributed by atoms with Crippen molar-refractivity contribution >= 4 is 18.4 Å². The summed E-state index contributed by atoms with van der Waals surface area (Å²) < 4.78 is 22.5. The summed E-state index contributed by atoms with van der Waals surface area (Å²) in [5.41, 5.74) is 3.26. The molecular formula is C27H34ClNO5. The van der Waals surface area contributed by atoms with Gasteiger partial charge in [-0.15, -0.1) is 12.4 Å². The quantitative estimate of drug-likeness (QED) is 0.539. The molecule has 2 aliphatic heterocycles. The Labute approximate surface area is 207 Å². The van der Waals surface area contributed by atoms with Gasteiger partial charge in [-0.1, -0.05) is 37.1 Å². The van der Waals surface area contributed by atoms with E-state index in [-0.39, 0.29) is 24.5 Å². The van der Waals surface area contributed by atoms with Crippen molar-refractivity contribution in [3.8, 4) is 17.2 Å². The van der Waals surface area contributed by atoms with Crippen molar-refractivity contribution in [1.82, 2.24) is 4.90 Å². The highest BCUT2D eigenvalue weighted by atomic mass is 35.5. The van der Waals surface area contributed by atoms with Gasteiger partial charge in [0.25, 0.3) is 0 Å². The molecule has 0 N–H and O–H groups in total. The van der Waals surface area contributed by atoms with Crippen molar-refractivity contribution < 1.29 is 23.7 Å². The number of esters is 1. The normalized spacial score (nSPS) is 25.6. The van der Waals surface area contributed by atoms with Gasteiger partial charge in [0.15, 0.2) is 11.5 Å². The molecule has 6 nitrogen and oxygen atoms in total. The molecule has 2 aromatic rings. The molecule has 4 unspecified atom stereocenters. The van der Waals surface area contributed by atoms with Gasteiger partial charge in [0.2, 0.25) is 5.75 Å². The van der Waals surface area contributed by atoms with Crippen LogP contribution in [0.15, 0.2) is 36.4 Å². The van der Waals surface area contributed by atoms with E-state index in [1.54, 1.807) is 33.5 Å². The van der Waals surface area contributed by atoms with E-state index in [9.17, 15) is 4.79 Å². The lowest BCUT2D eigenvalue weighted by atomic mass is 9.71. The first-order valence-corrected chi connectivity index (χ1v) is 12.0. The second kappa shape index (κ2) is 10.4. The third kappa shape index (κ3) is 4.34. The van der Waals surface area contributed by atoms with Crippen LogP contribution < -0.4 is 14.2 Å². The van der Waals surface area contributed by atoms with Gasteiger partial charge >= 0.3 is 5.97 Å². The number of methoxy groups -OCH3 is 3. The van der Waals surface area contributed by atoms with Crippen molar-refractivity contribution in [1.29, 1.82) is 0 Å². The molecule has 0 spiro atoms. The van der Waals surface area contributed by atoms with Crippen LogP contribution in [0.4, 0.5) is 0 Å². The number of benzene rings is 2. The van der Waals surface area contributed by atoms with E-state index >= 15 is 0 Å². The average molecular weight is 488 g/mol. The molecule has 2 heterocycles. The first-order chi connectivity index (χ1) is 16.1. The Morgan fingerprint density at radius 2 is 1.68 bits per heavy atom. The highest BCUT2D eigenvalue weighted by Gasteiger charge is 2.47. The zero-order valence-corrected chi connectivity index (χ0v) is 20.9. The summed E-state index contributed by atoms with van der Waals surface area (Å²) in [6.07, 6.45) is 6.59.